The third-order valence-corrected chi connectivity index (χ3v) is 4.38. The Bertz CT molecular complexity index is 447. The van der Waals surface area contributed by atoms with Crippen molar-refractivity contribution in [3.8, 4) is 0 Å². The Morgan fingerprint density at radius 3 is 2.61 bits per heavy atom. The lowest BCUT2D eigenvalue weighted by molar-refractivity contribution is -0.130. The molecule has 2 amide bonds. The maximum atomic E-state index is 12.2. The summed E-state index contributed by atoms with van der Waals surface area (Å²) in [5, 5.41) is 10.1. The van der Waals surface area contributed by atoms with E-state index in [1.165, 1.54) is 4.90 Å². The van der Waals surface area contributed by atoms with Gasteiger partial charge >= 0.3 is 0 Å². The molecule has 23 heavy (non-hydrogen) atoms. The smallest absolute Gasteiger partial charge is 0.246 e. The Balaban J connectivity index is 1.77. The first-order chi connectivity index (χ1) is 11.0. The van der Waals surface area contributed by atoms with Crippen molar-refractivity contribution in [2.24, 2.45) is 5.92 Å². The number of likely N-dealkylation sites (tertiary alicyclic amines) is 1. The molecule has 0 aliphatic carbocycles. The zero-order valence-electron chi connectivity index (χ0n) is 14.0. The number of hydrogen-bond acceptors (Lipinski definition) is 5. The minimum atomic E-state index is -0.629. The molecule has 2 saturated heterocycles. The normalized spacial score (nSPS) is 26.0. The molecule has 2 fully saturated rings. The highest BCUT2D eigenvalue weighted by Gasteiger charge is 2.34. The third-order valence-electron chi connectivity index (χ3n) is 4.38. The molecule has 7 nitrogen and oxygen atoms in total. The van der Waals surface area contributed by atoms with Crippen LogP contribution in [0.15, 0.2) is 12.2 Å². The summed E-state index contributed by atoms with van der Waals surface area (Å²) in [5.74, 6) is -0.301. The van der Waals surface area contributed by atoms with Crippen molar-refractivity contribution in [1.82, 2.24) is 14.7 Å². The molecule has 0 saturated carbocycles. The first-order valence-electron chi connectivity index (χ1n) is 8.11. The summed E-state index contributed by atoms with van der Waals surface area (Å²) >= 11 is 0. The zero-order chi connectivity index (χ0) is 16.8. The van der Waals surface area contributed by atoms with Crippen LogP contribution in [0.1, 0.15) is 6.42 Å². The van der Waals surface area contributed by atoms with Crippen LogP contribution in [-0.4, -0.2) is 97.8 Å². The topological polar surface area (TPSA) is 73.3 Å². The van der Waals surface area contributed by atoms with E-state index < -0.39 is 6.10 Å². The Kier molecular flexibility index (Phi) is 6.56. The maximum Gasteiger partial charge on any atom is 0.246 e. The number of nitrogens with zero attached hydrogens (tertiary/aromatic N) is 3. The van der Waals surface area contributed by atoms with Crippen LogP contribution >= 0.6 is 0 Å². The molecule has 1 N–H and O–H groups in total. The van der Waals surface area contributed by atoms with Crippen LogP contribution in [-0.2, 0) is 14.3 Å². The lowest BCUT2D eigenvalue weighted by Gasteiger charge is -2.25. The van der Waals surface area contributed by atoms with Gasteiger partial charge in [-0.15, -0.1) is 0 Å². The number of β-amino-alcohol motifs (C(OH)–C–C–N with tert-alkyl or cyclic N) is 1. The van der Waals surface area contributed by atoms with Crippen molar-refractivity contribution in [3.63, 3.8) is 0 Å². The highest BCUT2D eigenvalue weighted by Crippen LogP contribution is 2.21. The number of morpholine rings is 1. The number of carbonyl (C=O) groups is 2. The van der Waals surface area contributed by atoms with Gasteiger partial charge < -0.3 is 19.6 Å². The van der Waals surface area contributed by atoms with Gasteiger partial charge in [-0.25, -0.2) is 0 Å². The largest absolute Gasteiger partial charge is 0.391 e. The quantitative estimate of drug-likeness (QED) is 0.668. The van der Waals surface area contributed by atoms with Crippen LogP contribution in [0.3, 0.4) is 0 Å². The predicted octanol–water partition coefficient (Wildman–Crippen LogP) is -0.828. The van der Waals surface area contributed by atoms with E-state index >= 15 is 0 Å². The molecule has 7 heteroatoms. The van der Waals surface area contributed by atoms with E-state index in [0.717, 1.165) is 32.8 Å². The summed E-state index contributed by atoms with van der Waals surface area (Å²) in [6, 6.07) is 0. The minimum absolute atomic E-state index is 0.0220. The van der Waals surface area contributed by atoms with Crippen molar-refractivity contribution in [2.75, 3.05) is 60.0 Å². The number of ether oxygens (including phenoxy) is 1. The Morgan fingerprint density at radius 2 is 1.96 bits per heavy atom. The number of amides is 2. The molecule has 130 valence electrons. The van der Waals surface area contributed by atoms with E-state index in [9.17, 15) is 14.7 Å². The molecule has 2 atom stereocenters. The minimum Gasteiger partial charge on any atom is -0.391 e. The summed E-state index contributed by atoms with van der Waals surface area (Å²) < 4.78 is 5.28. The number of aliphatic hydroxyl groups excluding tert-OH is 1. The average molecular weight is 325 g/mol. The standard InChI is InChI=1S/C16H27N3O4/c1-17(2)16(22)10-13-11-19(12-14(13)20)15(21)4-3-5-18-6-8-23-9-7-18/h3-4,13-14,20H,5-12H2,1-2H3/t13-,14-/m0/s1. The second kappa shape index (κ2) is 8.42. The number of hydrogen-bond donors (Lipinski definition) is 1. The highest BCUT2D eigenvalue weighted by atomic mass is 16.5. The second-order valence-corrected chi connectivity index (χ2v) is 6.38. The molecule has 0 radical (unpaired) electrons. The molecule has 2 aliphatic heterocycles. The maximum absolute atomic E-state index is 12.2. The second-order valence-electron chi connectivity index (χ2n) is 6.38. The van der Waals surface area contributed by atoms with E-state index in [-0.39, 0.29) is 24.2 Å². The molecule has 0 spiro atoms. The van der Waals surface area contributed by atoms with Gasteiger partial charge in [0.05, 0.1) is 19.3 Å². The summed E-state index contributed by atoms with van der Waals surface area (Å²) in [6.07, 6.45) is 3.07. The number of carbonyl (C=O) groups excluding carboxylic acids is 2. The molecule has 2 heterocycles. The average Bonchev–Trinajstić information content (AvgIpc) is 2.89. The van der Waals surface area contributed by atoms with Gasteiger partial charge in [-0.1, -0.05) is 6.08 Å². The fraction of sp³-hybridized carbons (Fsp3) is 0.750. The van der Waals surface area contributed by atoms with Gasteiger partial charge in [-0.3, -0.25) is 14.5 Å². The van der Waals surface area contributed by atoms with Crippen LogP contribution in [0.5, 0.6) is 0 Å². The van der Waals surface area contributed by atoms with E-state index in [0.29, 0.717) is 13.1 Å². The molecule has 0 aromatic heterocycles. The van der Waals surface area contributed by atoms with E-state index in [2.05, 4.69) is 4.90 Å². The SMILES string of the molecule is CN(C)C(=O)C[C@H]1CN(C(=O)C=CCN2CCOCC2)C[C@@H]1O. The molecule has 2 aliphatic rings. The third kappa shape index (κ3) is 5.30. The van der Waals surface area contributed by atoms with Crippen LogP contribution in [0, 0.1) is 5.92 Å². The van der Waals surface area contributed by atoms with Gasteiger partial charge in [0, 0.05) is 65.2 Å². The molecule has 2 rings (SSSR count). The Morgan fingerprint density at radius 1 is 1.26 bits per heavy atom. The van der Waals surface area contributed by atoms with Crippen molar-refractivity contribution >= 4 is 11.8 Å². The molecular weight excluding hydrogens is 298 g/mol. The van der Waals surface area contributed by atoms with Gasteiger partial charge in [-0.05, 0) is 0 Å². The van der Waals surface area contributed by atoms with Crippen LogP contribution < -0.4 is 0 Å². The molecule has 0 aromatic rings. The van der Waals surface area contributed by atoms with Crippen molar-refractivity contribution in [1.29, 1.82) is 0 Å². The van der Waals surface area contributed by atoms with Crippen LogP contribution in [0.25, 0.3) is 0 Å². The van der Waals surface area contributed by atoms with Gasteiger partial charge in [0.1, 0.15) is 0 Å². The first kappa shape index (κ1) is 17.9. The summed E-state index contributed by atoms with van der Waals surface area (Å²) in [6.45, 7) is 4.70. The first-order valence-corrected chi connectivity index (χ1v) is 8.11. The fourth-order valence-electron chi connectivity index (χ4n) is 2.83. The van der Waals surface area contributed by atoms with Crippen molar-refractivity contribution in [2.45, 2.75) is 12.5 Å². The molecular formula is C16H27N3O4. The molecule has 0 aromatic carbocycles. The number of aliphatic hydroxyl groups is 1. The van der Waals surface area contributed by atoms with Crippen molar-refractivity contribution in [3.05, 3.63) is 12.2 Å². The molecule has 0 bridgehead atoms. The van der Waals surface area contributed by atoms with E-state index in [1.807, 2.05) is 6.08 Å². The van der Waals surface area contributed by atoms with Gasteiger partial charge in [0.2, 0.25) is 11.8 Å². The summed E-state index contributed by atoms with van der Waals surface area (Å²) in [4.78, 5) is 29.3. The van der Waals surface area contributed by atoms with E-state index in [1.54, 1.807) is 25.1 Å². The van der Waals surface area contributed by atoms with Crippen molar-refractivity contribution < 1.29 is 19.4 Å². The van der Waals surface area contributed by atoms with Gasteiger partial charge in [0.15, 0.2) is 0 Å². The number of rotatable bonds is 5. The zero-order valence-corrected chi connectivity index (χ0v) is 14.0. The molecule has 0 unspecified atom stereocenters. The van der Waals surface area contributed by atoms with E-state index in [4.69, 9.17) is 4.74 Å². The van der Waals surface area contributed by atoms with Gasteiger partial charge in [0.25, 0.3) is 0 Å². The fourth-order valence-corrected chi connectivity index (χ4v) is 2.83. The van der Waals surface area contributed by atoms with Crippen LogP contribution in [0.4, 0.5) is 0 Å². The Labute approximate surface area is 137 Å². The lowest BCUT2D eigenvalue weighted by Crippen LogP contribution is -2.36. The Hall–Kier alpha value is -1.44. The lowest BCUT2D eigenvalue weighted by atomic mass is 10.0. The van der Waals surface area contributed by atoms with Crippen LogP contribution in [0.2, 0.25) is 0 Å². The highest BCUT2D eigenvalue weighted by molar-refractivity contribution is 5.88. The summed E-state index contributed by atoms with van der Waals surface area (Å²) in [5.41, 5.74) is 0. The summed E-state index contributed by atoms with van der Waals surface area (Å²) in [7, 11) is 3.39. The monoisotopic (exact) mass is 325 g/mol. The predicted molar refractivity (Wildman–Crippen MR) is 85.8 cm³/mol. The van der Waals surface area contributed by atoms with Gasteiger partial charge in [-0.2, -0.15) is 0 Å².